The SMILES string of the molecule is CC(=O)N1[C@@H]2CCC[C@@H]1CC2.NCCc1ccc(Oc2nc3c(Cl)cccc3s2)cc1. The van der Waals surface area contributed by atoms with Crippen LogP contribution in [0, 0.1) is 0 Å². The minimum atomic E-state index is 0.289. The Morgan fingerprint density at radius 1 is 1.16 bits per heavy atom. The first-order chi connectivity index (χ1) is 15.0. The van der Waals surface area contributed by atoms with Crippen molar-refractivity contribution in [1.29, 1.82) is 0 Å². The number of piperidine rings is 1. The first kappa shape index (κ1) is 22.1. The van der Waals surface area contributed by atoms with Crippen molar-refractivity contribution in [2.45, 2.75) is 57.5 Å². The fourth-order valence-electron chi connectivity index (χ4n) is 4.56. The lowest BCUT2D eigenvalue weighted by atomic mass is 10.0. The largest absolute Gasteiger partial charge is 0.431 e. The fraction of sp³-hybridized carbons (Fsp3) is 0.417. The lowest BCUT2D eigenvalue weighted by Crippen LogP contribution is -2.42. The molecule has 5 rings (SSSR count). The molecule has 3 aromatic rings. The van der Waals surface area contributed by atoms with Crippen LogP contribution in [0.25, 0.3) is 10.2 Å². The molecule has 2 saturated heterocycles. The van der Waals surface area contributed by atoms with Gasteiger partial charge in [0, 0.05) is 19.0 Å². The van der Waals surface area contributed by atoms with E-state index in [1.807, 2.05) is 42.5 Å². The number of ether oxygens (including phenoxy) is 1. The van der Waals surface area contributed by atoms with Gasteiger partial charge in [0.2, 0.25) is 5.91 Å². The standard InChI is InChI=1S/C15H13ClN2OS.C9H15NO/c16-12-2-1-3-13-14(12)18-15(20-13)19-11-6-4-10(5-7-11)8-9-17;1-7(11)10-8-3-2-4-9(10)6-5-8/h1-7H,8-9,17H2;8-9H,2-6H2,1H3/t;8-,9-/m.1/s1. The van der Waals surface area contributed by atoms with Crippen LogP contribution in [0.2, 0.25) is 5.02 Å². The number of fused-ring (bicyclic) bond motifs is 3. The molecule has 2 fully saturated rings. The minimum Gasteiger partial charge on any atom is -0.431 e. The van der Waals surface area contributed by atoms with E-state index < -0.39 is 0 Å². The average Bonchev–Trinajstić information content (AvgIpc) is 3.29. The average molecular weight is 458 g/mol. The molecule has 3 heterocycles. The normalized spacial score (nSPS) is 19.8. The Balaban J connectivity index is 0.000000177. The third kappa shape index (κ3) is 5.20. The van der Waals surface area contributed by atoms with Crippen molar-refractivity contribution in [3.63, 3.8) is 0 Å². The molecule has 1 amide bonds. The molecular formula is C24H28ClN3O2S. The van der Waals surface area contributed by atoms with Crippen molar-refractivity contribution in [3.05, 3.63) is 53.1 Å². The number of carbonyl (C=O) groups is 1. The molecule has 31 heavy (non-hydrogen) atoms. The first-order valence-electron chi connectivity index (χ1n) is 10.9. The van der Waals surface area contributed by atoms with Crippen LogP contribution >= 0.6 is 22.9 Å². The van der Waals surface area contributed by atoms with E-state index in [9.17, 15) is 4.79 Å². The Morgan fingerprint density at radius 3 is 2.45 bits per heavy atom. The van der Waals surface area contributed by atoms with E-state index in [-0.39, 0.29) is 5.91 Å². The summed E-state index contributed by atoms with van der Waals surface area (Å²) < 4.78 is 6.79. The lowest BCUT2D eigenvalue weighted by Gasteiger charge is -2.33. The Kier molecular flexibility index (Phi) is 7.10. The van der Waals surface area contributed by atoms with Crippen LogP contribution in [0.5, 0.6) is 10.9 Å². The van der Waals surface area contributed by atoms with Crippen LogP contribution in [-0.4, -0.2) is 34.4 Å². The van der Waals surface area contributed by atoms with Gasteiger partial charge >= 0.3 is 0 Å². The quantitative estimate of drug-likeness (QED) is 0.538. The van der Waals surface area contributed by atoms with Gasteiger partial charge in [-0.1, -0.05) is 41.1 Å². The number of benzene rings is 2. The second-order valence-electron chi connectivity index (χ2n) is 8.09. The van der Waals surface area contributed by atoms with Gasteiger partial charge in [0.05, 0.1) is 9.72 Å². The Bertz CT molecular complexity index is 1020. The van der Waals surface area contributed by atoms with Gasteiger partial charge in [0.25, 0.3) is 5.19 Å². The van der Waals surface area contributed by atoms with Crippen LogP contribution < -0.4 is 10.5 Å². The maximum atomic E-state index is 11.2. The molecule has 164 valence electrons. The third-order valence-electron chi connectivity index (χ3n) is 5.97. The molecule has 2 aliphatic rings. The molecule has 1 aromatic heterocycles. The molecule has 0 saturated carbocycles. The van der Waals surface area contributed by atoms with Crippen molar-refractivity contribution in [2.24, 2.45) is 5.73 Å². The van der Waals surface area contributed by atoms with E-state index in [2.05, 4.69) is 9.88 Å². The number of aromatic nitrogens is 1. The number of nitrogens with zero attached hydrogens (tertiary/aromatic N) is 2. The van der Waals surface area contributed by atoms with Crippen molar-refractivity contribution < 1.29 is 9.53 Å². The number of hydrogen-bond acceptors (Lipinski definition) is 5. The molecule has 0 radical (unpaired) electrons. The van der Waals surface area contributed by atoms with Crippen molar-refractivity contribution in [3.8, 4) is 10.9 Å². The highest BCUT2D eigenvalue weighted by atomic mass is 35.5. The molecular weight excluding hydrogens is 430 g/mol. The third-order valence-corrected chi connectivity index (χ3v) is 7.17. The van der Waals surface area contributed by atoms with Crippen LogP contribution in [0.4, 0.5) is 0 Å². The van der Waals surface area contributed by atoms with E-state index >= 15 is 0 Å². The summed E-state index contributed by atoms with van der Waals surface area (Å²) >= 11 is 7.59. The Morgan fingerprint density at radius 2 is 1.87 bits per heavy atom. The summed E-state index contributed by atoms with van der Waals surface area (Å²) in [5.74, 6) is 1.05. The summed E-state index contributed by atoms with van der Waals surface area (Å²) in [7, 11) is 0. The minimum absolute atomic E-state index is 0.289. The van der Waals surface area contributed by atoms with Crippen molar-refractivity contribution in [2.75, 3.05) is 6.54 Å². The summed E-state index contributed by atoms with van der Waals surface area (Å²) in [4.78, 5) is 17.7. The molecule has 0 unspecified atom stereocenters. The predicted molar refractivity (Wildman–Crippen MR) is 127 cm³/mol. The van der Waals surface area contributed by atoms with Gasteiger partial charge in [0.1, 0.15) is 11.3 Å². The zero-order chi connectivity index (χ0) is 21.8. The van der Waals surface area contributed by atoms with Gasteiger partial charge in [-0.05, 0) is 74.9 Å². The van der Waals surface area contributed by atoms with Gasteiger partial charge in [-0.25, -0.2) is 4.98 Å². The number of halogens is 1. The van der Waals surface area contributed by atoms with Crippen LogP contribution in [0.1, 0.15) is 44.6 Å². The van der Waals surface area contributed by atoms with Gasteiger partial charge in [0.15, 0.2) is 0 Å². The summed E-state index contributed by atoms with van der Waals surface area (Å²) in [5.41, 5.74) is 7.51. The maximum Gasteiger partial charge on any atom is 0.279 e. The summed E-state index contributed by atoms with van der Waals surface area (Å²) in [6.45, 7) is 2.35. The number of carbonyl (C=O) groups excluding carboxylic acids is 1. The molecule has 0 spiro atoms. The van der Waals surface area contributed by atoms with E-state index in [1.54, 1.807) is 6.92 Å². The van der Waals surface area contributed by atoms with Gasteiger partial charge in [-0.2, -0.15) is 0 Å². The topological polar surface area (TPSA) is 68.5 Å². The second kappa shape index (κ2) is 9.98. The highest BCUT2D eigenvalue weighted by Crippen LogP contribution is 2.35. The molecule has 0 aliphatic carbocycles. The first-order valence-corrected chi connectivity index (χ1v) is 12.1. The zero-order valence-corrected chi connectivity index (χ0v) is 19.3. The van der Waals surface area contributed by atoms with E-state index in [0.29, 0.717) is 28.8 Å². The van der Waals surface area contributed by atoms with Crippen molar-refractivity contribution in [1.82, 2.24) is 9.88 Å². The number of thiazole rings is 1. The molecule has 2 aromatic carbocycles. The monoisotopic (exact) mass is 457 g/mol. The summed E-state index contributed by atoms with van der Waals surface area (Å²) in [6.07, 6.45) is 7.21. The Labute approximate surface area is 192 Å². The predicted octanol–water partition coefficient (Wildman–Crippen LogP) is 5.79. The second-order valence-corrected chi connectivity index (χ2v) is 9.49. The smallest absolute Gasteiger partial charge is 0.279 e. The highest BCUT2D eigenvalue weighted by molar-refractivity contribution is 7.20. The lowest BCUT2D eigenvalue weighted by molar-refractivity contribution is -0.133. The van der Waals surface area contributed by atoms with Gasteiger partial charge in [-0.15, -0.1) is 0 Å². The van der Waals surface area contributed by atoms with Gasteiger partial charge in [-0.3, -0.25) is 4.79 Å². The highest BCUT2D eigenvalue weighted by Gasteiger charge is 2.37. The zero-order valence-electron chi connectivity index (χ0n) is 17.7. The molecule has 2 atom stereocenters. The molecule has 2 N–H and O–H groups in total. The number of nitrogens with two attached hydrogens (primary N) is 1. The fourth-order valence-corrected chi connectivity index (χ4v) is 5.70. The van der Waals surface area contributed by atoms with E-state index in [1.165, 1.54) is 49.0 Å². The van der Waals surface area contributed by atoms with Crippen molar-refractivity contribution >= 4 is 39.1 Å². The Hall–Kier alpha value is -2.15. The molecule has 5 nitrogen and oxygen atoms in total. The number of amides is 1. The van der Waals surface area contributed by atoms with Crippen LogP contribution in [0.3, 0.4) is 0 Å². The summed E-state index contributed by atoms with van der Waals surface area (Å²) in [5, 5.41) is 1.24. The number of hydrogen-bond donors (Lipinski definition) is 1. The molecule has 2 bridgehead atoms. The van der Waals surface area contributed by atoms with E-state index in [4.69, 9.17) is 22.1 Å². The maximum absolute atomic E-state index is 11.2. The van der Waals surface area contributed by atoms with Crippen LogP contribution in [0.15, 0.2) is 42.5 Å². The van der Waals surface area contributed by atoms with E-state index in [0.717, 1.165) is 22.4 Å². The molecule has 2 aliphatic heterocycles. The molecule has 7 heteroatoms. The number of rotatable bonds is 4. The van der Waals surface area contributed by atoms with Gasteiger partial charge < -0.3 is 15.4 Å². The number of para-hydroxylation sites is 1. The van der Waals surface area contributed by atoms with Crippen LogP contribution in [-0.2, 0) is 11.2 Å². The summed E-state index contributed by atoms with van der Waals surface area (Å²) in [6, 6.07) is 14.8.